The van der Waals surface area contributed by atoms with E-state index in [-0.39, 0.29) is 22.8 Å². The standard InChI is InChI=1S/C23H17ClN6O2/c1-13(28-22(31)20-21(26)27-12-15(11-25)29-20)18-10-14-6-5-9-17(24)19(14)23(32)30(18)16-7-3-2-4-8-16/h2-10,12-13H,1H3,(H2,26,27)(H,28,31)/t13-/m0/s1. The maximum atomic E-state index is 13.5. The minimum absolute atomic E-state index is 0.0291. The number of rotatable bonds is 4. The molecule has 0 saturated carbocycles. The van der Waals surface area contributed by atoms with Crippen molar-refractivity contribution in [2.75, 3.05) is 5.73 Å². The van der Waals surface area contributed by atoms with Crippen molar-refractivity contribution in [2.45, 2.75) is 13.0 Å². The number of aromatic nitrogens is 3. The molecule has 1 atom stereocenters. The van der Waals surface area contributed by atoms with Crippen LogP contribution in [0.4, 0.5) is 5.82 Å². The van der Waals surface area contributed by atoms with Crippen LogP contribution in [0.3, 0.4) is 0 Å². The zero-order valence-electron chi connectivity index (χ0n) is 16.9. The number of hydrogen-bond acceptors (Lipinski definition) is 6. The van der Waals surface area contributed by atoms with Crippen LogP contribution in [0.5, 0.6) is 0 Å². The van der Waals surface area contributed by atoms with Gasteiger partial charge in [0.1, 0.15) is 6.07 Å². The van der Waals surface area contributed by atoms with E-state index in [4.69, 9.17) is 22.6 Å². The number of hydrogen-bond donors (Lipinski definition) is 2. The summed E-state index contributed by atoms with van der Waals surface area (Å²) in [7, 11) is 0. The van der Waals surface area contributed by atoms with Crippen LogP contribution in [0.1, 0.15) is 34.8 Å². The minimum atomic E-state index is -0.620. The molecule has 1 amide bonds. The molecule has 0 spiro atoms. The number of nitriles is 1. The molecule has 32 heavy (non-hydrogen) atoms. The van der Waals surface area contributed by atoms with E-state index in [0.717, 1.165) is 0 Å². The number of para-hydroxylation sites is 1. The Labute approximate surface area is 187 Å². The van der Waals surface area contributed by atoms with Crippen molar-refractivity contribution in [3.63, 3.8) is 0 Å². The largest absolute Gasteiger partial charge is 0.382 e. The van der Waals surface area contributed by atoms with Crippen molar-refractivity contribution >= 4 is 34.1 Å². The molecule has 158 valence electrons. The van der Waals surface area contributed by atoms with Crippen LogP contribution in [-0.4, -0.2) is 20.4 Å². The fraction of sp³-hybridized carbons (Fsp3) is 0.0870. The Morgan fingerprint density at radius 3 is 2.69 bits per heavy atom. The summed E-state index contributed by atoms with van der Waals surface area (Å²) in [5.41, 5.74) is 6.45. The van der Waals surface area contributed by atoms with Gasteiger partial charge in [-0.1, -0.05) is 41.9 Å². The van der Waals surface area contributed by atoms with Crippen molar-refractivity contribution in [2.24, 2.45) is 0 Å². The number of halogens is 1. The number of benzene rings is 2. The predicted octanol–water partition coefficient (Wildman–Crippen LogP) is 3.38. The molecule has 9 heteroatoms. The Kier molecular flexibility index (Phi) is 5.58. The lowest BCUT2D eigenvalue weighted by atomic mass is 10.1. The van der Waals surface area contributed by atoms with Gasteiger partial charge in [0.2, 0.25) is 0 Å². The monoisotopic (exact) mass is 444 g/mol. The number of carbonyl (C=O) groups excluding carboxylic acids is 1. The average Bonchev–Trinajstić information content (AvgIpc) is 2.79. The fourth-order valence-corrected chi connectivity index (χ4v) is 3.72. The molecule has 4 rings (SSSR count). The van der Waals surface area contributed by atoms with E-state index in [0.29, 0.717) is 27.2 Å². The first-order valence-electron chi connectivity index (χ1n) is 9.63. The van der Waals surface area contributed by atoms with Crippen LogP contribution >= 0.6 is 11.6 Å². The highest BCUT2D eigenvalue weighted by atomic mass is 35.5. The Hall–Kier alpha value is -4.22. The number of anilines is 1. The zero-order valence-corrected chi connectivity index (χ0v) is 17.7. The van der Waals surface area contributed by atoms with Gasteiger partial charge < -0.3 is 11.1 Å². The first-order chi connectivity index (χ1) is 15.4. The molecule has 0 aliphatic heterocycles. The Morgan fingerprint density at radius 2 is 1.97 bits per heavy atom. The van der Waals surface area contributed by atoms with Gasteiger partial charge in [-0.15, -0.1) is 0 Å². The van der Waals surface area contributed by atoms with Crippen molar-refractivity contribution in [1.82, 2.24) is 19.9 Å². The van der Waals surface area contributed by atoms with Crippen LogP contribution in [0, 0.1) is 11.3 Å². The third-order valence-electron chi connectivity index (χ3n) is 4.96. The molecule has 2 aromatic carbocycles. The summed E-state index contributed by atoms with van der Waals surface area (Å²) < 4.78 is 1.51. The molecular weight excluding hydrogens is 428 g/mol. The van der Waals surface area contributed by atoms with Crippen LogP contribution in [0.25, 0.3) is 16.5 Å². The topological polar surface area (TPSA) is 127 Å². The van der Waals surface area contributed by atoms with E-state index >= 15 is 0 Å². The number of nitrogens with zero attached hydrogens (tertiary/aromatic N) is 4. The maximum Gasteiger partial charge on any atom is 0.274 e. The van der Waals surface area contributed by atoms with Gasteiger partial charge in [0.25, 0.3) is 11.5 Å². The average molecular weight is 445 g/mol. The normalized spacial score (nSPS) is 11.7. The third-order valence-corrected chi connectivity index (χ3v) is 5.28. The molecule has 0 aliphatic carbocycles. The summed E-state index contributed by atoms with van der Waals surface area (Å²) in [6.07, 6.45) is 1.19. The number of amides is 1. The number of pyridine rings is 1. The summed E-state index contributed by atoms with van der Waals surface area (Å²) >= 11 is 6.33. The molecule has 0 fully saturated rings. The van der Waals surface area contributed by atoms with E-state index in [2.05, 4.69) is 15.3 Å². The second-order valence-corrected chi connectivity index (χ2v) is 7.45. The molecule has 2 aromatic heterocycles. The fourth-order valence-electron chi connectivity index (χ4n) is 3.46. The predicted molar refractivity (Wildman–Crippen MR) is 122 cm³/mol. The van der Waals surface area contributed by atoms with E-state index in [9.17, 15) is 9.59 Å². The maximum absolute atomic E-state index is 13.5. The van der Waals surface area contributed by atoms with Crippen molar-refractivity contribution in [1.29, 1.82) is 5.26 Å². The first-order valence-corrected chi connectivity index (χ1v) is 10.0. The van der Waals surface area contributed by atoms with E-state index in [1.807, 2.05) is 24.3 Å². The summed E-state index contributed by atoms with van der Waals surface area (Å²) in [5, 5.41) is 13.2. The third kappa shape index (κ3) is 3.77. The quantitative estimate of drug-likeness (QED) is 0.496. The highest BCUT2D eigenvalue weighted by Gasteiger charge is 2.21. The molecule has 4 aromatic rings. The smallest absolute Gasteiger partial charge is 0.274 e. The molecule has 0 bridgehead atoms. The highest BCUT2D eigenvalue weighted by Crippen LogP contribution is 2.25. The molecule has 0 aliphatic rings. The molecule has 8 nitrogen and oxygen atoms in total. The van der Waals surface area contributed by atoms with Gasteiger partial charge in [-0.05, 0) is 36.6 Å². The Balaban J connectivity index is 1.84. The minimum Gasteiger partial charge on any atom is -0.382 e. The lowest BCUT2D eigenvalue weighted by Crippen LogP contribution is -2.33. The number of nitrogens with one attached hydrogen (secondary N) is 1. The number of carbonyl (C=O) groups is 1. The lowest BCUT2D eigenvalue weighted by Gasteiger charge is -2.21. The Bertz CT molecular complexity index is 1440. The Morgan fingerprint density at radius 1 is 1.22 bits per heavy atom. The summed E-state index contributed by atoms with van der Waals surface area (Å²) in [6, 6.07) is 17.3. The van der Waals surface area contributed by atoms with Crippen LogP contribution in [0.15, 0.2) is 65.6 Å². The van der Waals surface area contributed by atoms with Gasteiger partial charge >= 0.3 is 0 Å². The van der Waals surface area contributed by atoms with Crippen molar-refractivity contribution in [3.05, 3.63) is 93.3 Å². The van der Waals surface area contributed by atoms with Crippen LogP contribution < -0.4 is 16.6 Å². The SMILES string of the molecule is C[C@H](NC(=O)c1nc(C#N)cnc1N)c1cc2cccc(Cl)c2c(=O)n1-c1ccccc1. The zero-order chi connectivity index (χ0) is 22.8. The molecule has 0 saturated heterocycles. The lowest BCUT2D eigenvalue weighted by molar-refractivity contribution is 0.0934. The number of nitrogens with two attached hydrogens (primary N) is 1. The number of nitrogen functional groups attached to an aromatic ring is 1. The van der Waals surface area contributed by atoms with Crippen LogP contribution in [-0.2, 0) is 0 Å². The number of fused-ring (bicyclic) bond motifs is 1. The van der Waals surface area contributed by atoms with E-state index in [1.165, 1.54) is 10.8 Å². The highest BCUT2D eigenvalue weighted by molar-refractivity contribution is 6.35. The molecule has 3 N–H and O–H groups in total. The first kappa shape index (κ1) is 21.0. The van der Waals surface area contributed by atoms with Gasteiger partial charge in [0, 0.05) is 11.4 Å². The second-order valence-electron chi connectivity index (χ2n) is 7.05. The van der Waals surface area contributed by atoms with Gasteiger partial charge in [0.05, 0.1) is 22.6 Å². The molecule has 0 unspecified atom stereocenters. The summed E-state index contributed by atoms with van der Waals surface area (Å²) in [5.74, 6) is -0.711. The van der Waals surface area contributed by atoms with Gasteiger partial charge in [-0.3, -0.25) is 14.2 Å². The van der Waals surface area contributed by atoms with Gasteiger partial charge in [-0.25, -0.2) is 9.97 Å². The summed E-state index contributed by atoms with van der Waals surface area (Å²) in [6.45, 7) is 1.74. The van der Waals surface area contributed by atoms with E-state index in [1.54, 1.807) is 43.3 Å². The van der Waals surface area contributed by atoms with Gasteiger partial charge in [-0.2, -0.15) is 5.26 Å². The second kappa shape index (κ2) is 8.49. The van der Waals surface area contributed by atoms with Crippen molar-refractivity contribution in [3.8, 4) is 11.8 Å². The molecular formula is C23H17ClN6O2. The van der Waals surface area contributed by atoms with Crippen molar-refractivity contribution < 1.29 is 4.79 Å². The molecule has 2 heterocycles. The van der Waals surface area contributed by atoms with Gasteiger partial charge in [0.15, 0.2) is 17.2 Å². The molecule has 0 radical (unpaired) electrons. The van der Waals surface area contributed by atoms with Crippen LogP contribution in [0.2, 0.25) is 5.02 Å². The summed E-state index contributed by atoms with van der Waals surface area (Å²) in [4.78, 5) is 34.1. The van der Waals surface area contributed by atoms with E-state index < -0.39 is 11.9 Å².